The molecule has 0 aromatic carbocycles. The molecule has 1 rings (SSSR count). The van der Waals surface area contributed by atoms with Crippen molar-refractivity contribution in [2.75, 3.05) is 12.3 Å². The Balaban J connectivity index is 2.08. The van der Waals surface area contributed by atoms with Crippen LogP contribution in [0.4, 0.5) is 0 Å². The van der Waals surface area contributed by atoms with Gasteiger partial charge in [0.05, 0.1) is 6.04 Å². The molecule has 4 heteroatoms. The molecular formula is C7H15N3S. The van der Waals surface area contributed by atoms with E-state index in [2.05, 4.69) is 4.99 Å². The molecule has 1 aliphatic rings. The maximum Gasteiger partial charge on any atom is 0.154 e. The second kappa shape index (κ2) is 4.62. The van der Waals surface area contributed by atoms with Crippen LogP contribution >= 0.6 is 11.8 Å². The molecule has 0 aliphatic carbocycles. The van der Waals surface area contributed by atoms with Crippen LogP contribution in [0.1, 0.15) is 19.3 Å². The number of rotatable bonds is 4. The molecule has 4 N–H and O–H groups in total. The highest BCUT2D eigenvalue weighted by Crippen LogP contribution is 2.18. The van der Waals surface area contributed by atoms with E-state index in [0.29, 0.717) is 6.04 Å². The third kappa shape index (κ3) is 3.12. The van der Waals surface area contributed by atoms with Crippen LogP contribution in [0.25, 0.3) is 0 Å². The maximum absolute atomic E-state index is 5.52. The minimum Gasteiger partial charge on any atom is -0.379 e. The normalized spacial score (nSPS) is 23.7. The number of nitrogens with zero attached hydrogens (tertiary/aromatic N) is 1. The summed E-state index contributed by atoms with van der Waals surface area (Å²) in [7, 11) is 0. The monoisotopic (exact) mass is 173 g/mol. The lowest BCUT2D eigenvalue weighted by Gasteiger charge is -2.02. The summed E-state index contributed by atoms with van der Waals surface area (Å²) in [5.74, 6) is 1.07. The number of thioether (sulfide) groups is 1. The van der Waals surface area contributed by atoms with Gasteiger partial charge < -0.3 is 11.5 Å². The van der Waals surface area contributed by atoms with E-state index in [4.69, 9.17) is 11.5 Å². The summed E-state index contributed by atoms with van der Waals surface area (Å²) < 4.78 is 0. The van der Waals surface area contributed by atoms with Gasteiger partial charge in [0.1, 0.15) is 0 Å². The topological polar surface area (TPSA) is 64.4 Å². The summed E-state index contributed by atoms with van der Waals surface area (Å²) >= 11 is 1.66. The highest BCUT2D eigenvalue weighted by molar-refractivity contribution is 8.14. The fourth-order valence-electron chi connectivity index (χ4n) is 1.11. The molecule has 3 nitrogen and oxygen atoms in total. The minimum atomic E-state index is 0.464. The highest BCUT2D eigenvalue weighted by Gasteiger charge is 2.14. The van der Waals surface area contributed by atoms with Crippen molar-refractivity contribution in [1.29, 1.82) is 0 Å². The first kappa shape index (κ1) is 8.87. The molecule has 0 unspecified atom stereocenters. The second-order valence-electron chi connectivity index (χ2n) is 2.72. The van der Waals surface area contributed by atoms with Crippen molar-refractivity contribution in [2.45, 2.75) is 25.3 Å². The van der Waals surface area contributed by atoms with Gasteiger partial charge in [-0.1, -0.05) is 18.2 Å². The van der Waals surface area contributed by atoms with Crippen LogP contribution in [-0.4, -0.2) is 23.5 Å². The third-order valence-corrected chi connectivity index (χ3v) is 2.68. The molecule has 64 valence electrons. The first-order chi connectivity index (χ1) is 5.33. The Morgan fingerprint density at radius 1 is 1.55 bits per heavy atom. The zero-order valence-corrected chi connectivity index (χ0v) is 7.44. The molecular weight excluding hydrogens is 158 g/mol. The molecule has 0 aromatic rings. The van der Waals surface area contributed by atoms with Gasteiger partial charge in [-0.2, -0.15) is 0 Å². The Morgan fingerprint density at radius 2 is 2.36 bits per heavy atom. The van der Waals surface area contributed by atoms with Crippen LogP contribution in [0, 0.1) is 0 Å². The molecule has 11 heavy (non-hydrogen) atoms. The van der Waals surface area contributed by atoms with Crippen LogP contribution in [-0.2, 0) is 0 Å². The van der Waals surface area contributed by atoms with Crippen molar-refractivity contribution >= 4 is 16.9 Å². The van der Waals surface area contributed by atoms with Gasteiger partial charge in [-0.05, 0) is 19.4 Å². The maximum atomic E-state index is 5.52. The number of nitrogens with two attached hydrogens (primary N) is 2. The molecule has 0 bridgehead atoms. The summed E-state index contributed by atoms with van der Waals surface area (Å²) in [6.07, 6.45) is 3.43. The van der Waals surface area contributed by atoms with Crippen molar-refractivity contribution in [3.05, 3.63) is 0 Å². The summed E-state index contributed by atoms with van der Waals surface area (Å²) in [6.45, 7) is 0.791. The van der Waals surface area contributed by atoms with Crippen molar-refractivity contribution in [3.63, 3.8) is 0 Å². The van der Waals surface area contributed by atoms with E-state index in [9.17, 15) is 0 Å². The molecule has 0 saturated carbocycles. The minimum absolute atomic E-state index is 0.464. The molecule has 1 heterocycles. The van der Waals surface area contributed by atoms with Crippen LogP contribution in [0.3, 0.4) is 0 Å². The second-order valence-corrected chi connectivity index (χ2v) is 3.76. The van der Waals surface area contributed by atoms with E-state index in [1.165, 1.54) is 6.42 Å². The lowest BCUT2D eigenvalue weighted by molar-refractivity contribution is 0.614. The van der Waals surface area contributed by atoms with Gasteiger partial charge >= 0.3 is 0 Å². The fraction of sp³-hybridized carbons (Fsp3) is 0.857. The zero-order chi connectivity index (χ0) is 8.10. The smallest absolute Gasteiger partial charge is 0.154 e. The average molecular weight is 173 g/mol. The molecule has 0 amide bonds. The van der Waals surface area contributed by atoms with Crippen molar-refractivity contribution in [3.8, 4) is 0 Å². The summed E-state index contributed by atoms with van der Waals surface area (Å²) in [5.41, 5.74) is 10.9. The largest absolute Gasteiger partial charge is 0.379 e. The summed E-state index contributed by atoms with van der Waals surface area (Å²) in [4.78, 5) is 4.28. The number of hydrogen-bond donors (Lipinski definition) is 2. The summed E-state index contributed by atoms with van der Waals surface area (Å²) in [5, 5.41) is 0.753. The Hall–Kier alpha value is -0.220. The SMILES string of the molecule is NCCCC[C@@H]1CSC(N)=N1. The number of amidine groups is 1. The highest BCUT2D eigenvalue weighted by atomic mass is 32.2. The first-order valence-corrected chi connectivity index (χ1v) is 4.97. The van der Waals surface area contributed by atoms with Crippen LogP contribution in [0.2, 0.25) is 0 Å². The van der Waals surface area contributed by atoms with E-state index < -0.39 is 0 Å². The standard InChI is InChI=1S/C7H15N3S/c8-4-2-1-3-6-5-11-7(9)10-6/h6H,1-5,8H2,(H2,9,10)/t6-/m1/s1. The van der Waals surface area contributed by atoms with Crippen molar-refractivity contribution < 1.29 is 0 Å². The quantitative estimate of drug-likeness (QED) is 0.610. The van der Waals surface area contributed by atoms with Crippen LogP contribution in [0.15, 0.2) is 4.99 Å². The predicted octanol–water partition coefficient (Wildman–Crippen LogP) is 0.546. The Kier molecular flexibility index (Phi) is 3.72. The van der Waals surface area contributed by atoms with E-state index in [1.807, 2.05) is 0 Å². The van der Waals surface area contributed by atoms with Gasteiger partial charge in [-0.15, -0.1) is 0 Å². The van der Waals surface area contributed by atoms with Gasteiger partial charge in [0, 0.05) is 5.75 Å². The van der Waals surface area contributed by atoms with Crippen LogP contribution < -0.4 is 11.5 Å². The van der Waals surface area contributed by atoms with E-state index in [1.54, 1.807) is 11.8 Å². The zero-order valence-electron chi connectivity index (χ0n) is 6.62. The Labute approximate surface area is 71.6 Å². The molecule has 0 spiro atoms. The molecule has 1 atom stereocenters. The lowest BCUT2D eigenvalue weighted by Crippen LogP contribution is -2.06. The lowest BCUT2D eigenvalue weighted by atomic mass is 10.1. The van der Waals surface area contributed by atoms with Gasteiger partial charge in [-0.3, -0.25) is 4.99 Å². The van der Waals surface area contributed by atoms with Gasteiger partial charge in [0.25, 0.3) is 0 Å². The molecule has 0 saturated heterocycles. The van der Waals surface area contributed by atoms with E-state index in [0.717, 1.165) is 30.3 Å². The van der Waals surface area contributed by atoms with Gasteiger partial charge in [0.2, 0.25) is 0 Å². The number of hydrogen-bond acceptors (Lipinski definition) is 4. The average Bonchev–Trinajstić information content (AvgIpc) is 2.37. The predicted molar refractivity (Wildman–Crippen MR) is 50.8 cm³/mol. The van der Waals surface area contributed by atoms with Crippen molar-refractivity contribution in [2.24, 2.45) is 16.5 Å². The van der Waals surface area contributed by atoms with Gasteiger partial charge in [-0.25, -0.2) is 0 Å². The summed E-state index contributed by atoms with van der Waals surface area (Å²) in [6, 6.07) is 0.464. The Bertz CT molecular complexity index is 147. The van der Waals surface area contributed by atoms with E-state index >= 15 is 0 Å². The first-order valence-electron chi connectivity index (χ1n) is 3.99. The van der Waals surface area contributed by atoms with Gasteiger partial charge in [0.15, 0.2) is 5.17 Å². The fourth-order valence-corrected chi connectivity index (χ4v) is 1.94. The van der Waals surface area contributed by atoms with E-state index in [-0.39, 0.29) is 0 Å². The number of aliphatic imine (C=N–C) groups is 1. The third-order valence-electron chi connectivity index (χ3n) is 1.72. The van der Waals surface area contributed by atoms with Crippen molar-refractivity contribution in [1.82, 2.24) is 0 Å². The molecule has 0 radical (unpaired) electrons. The number of unbranched alkanes of at least 4 members (excludes halogenated alkanes) is 1. The molecule has 1 aliphatic heterocycles. The Morgan fingerprint density at radius 3 is 2.91 bits per heavy atom. The molecule has 0 fully saturated rings. The molecule has 0 aromatic heterocycles. The van der Waals surface area contributed by atoms with Crippen LogP contribution in [0.5, 0.6) is 0 Å².